The number of nitrogens with zero attached hydrogens (tertiary/aromatic N) is 4. The van der Waals surface area contributed by atoms with E-state index in [-0.39, 0.29) is 11.9 Å². The quantitative estimate of drug-likeness (QED) is 0.483. The third kappa shape index (κ3) is 3.31. The molecule has 29 heavy (non-hydrogen) atoms. The Kier molecular flexibility index (Phi) is 4.79. The van der Waals surface area contributed by atoms with Gasteiger partial charge in [0.05, 0.1) is 27.3 Å². The van der Waals surface area contributed by atoms with Crippen molar-refractivity contribution in [2.75, 3.05) is 6.54 Å². The van der Waals surface area contributed by atoms with Crippen LogP contribution in [0.3, 0.4) is 0 Å². The predicted octanol–water partition coefficient (Wildman–Crippen LogP) is 4.96. The second-order valence-corrected chi connectivity index (χ2v) is 8.64. The van der Waals surface area contributed by atoms with Crippen LogP contribution in [0.1, 0.15) is 43.1 Å². The summed E-state index contributed by atoms with van der Waals surface area (Å²) in [5, 5.41) is 1.06. The maximum absolute atomic E-state index is 13.4. The minimum Gasteiger partial charge on any atom is -0.332 e. The van der Waals surface area contributed by atoms with Gasteiger partial charge >= 0.3 is 0 Å². The van der Waals surface area contributed by atoms with Crippen LogP contribution >= 0.6 is 11.3 Å². The van der Waals surface area contributed by atoms with Crippen LogP contribution in [0.15, 0.2) is 48.5 Å². The maximum Gasteiger partial charge on any atom is 0.243 e. The van der Waals surface area contributed by atoms with E-state index in [2.05, 4.69) is 34.6 Å². The first kappa shape index (κ1) is 18.3. The molecule has 1 unspecified atom stereocenters. The van der Waals surface area contributed by atoms with Crippen LogP contribution in [0.2, 0.25) is 0 Å². The lowest BCUT2D eigenvalue weighted by Crippen LogP contribution is -2.40. The van der Waals surface area contributed by atoms with E-state index >= 15 is 0 Å². The van der Waals surface area contributed by atoms with Crippen LogP contribution in [0.5, 0.6) is 0 Å². The van der Waals surface area contributed by atoms with Crippen molar-refractivity contribution in [3.05, 3.63) is 59.4 Å². The summed E-state index contributed by atoms with van der Waals surface area (Å²) in [5.74, 6) is 1.12. The third-order valence-electron chi connectivity index (χ3n) is 5.76. The van der Waals surface area contributed by atoms with Crippen LogP contribution in [-0.4, -0.2) is 31.9 Å². The third-order valence-corrected chi connectivity index (χ3v) is 6.90. The standard InChI is InChI=1S/C23H24N4OS/c1-2-21-24-16-9-3-5-11-18(16)27(21)15-22(28)26-14-8-7-12-19(26)23-25-17-10-4-6-13-20(17)29-23/h3-6,9-11,13,19H,2,7-8,12,14-15H2,1H3. The lowest BCUT2D eigenvalue weighted by atomic mass is 10.0. The first-order valence-electron chi connectivity index (χ1n) is 10.3. The summed E-state index contributed by atoms with van der Waals surface area (Å²) in [6.07, 6.45) is 3.98. The molecule has 0 aliphatic carbocycles. The molecule has 2 aromatic carbocycles. The molecule has 0 spiro atoms. The molecule has 1 saturated heterocycles. The Hall–Kier alpha value is -2.73. The smallest absolute Gasteiger partial charge is 0.243 e. The molecular weight excluding hydrogens is 380 g/mol. The first-order valence-corrected chi connectivity index (χ1v) is 11.2. The molecule has 2 aromatic heterocycles. The molecule has 148 valence electrons. The Labute approximate surface area is 174 Å². The summed E-state index contributed by atoms with van der Waals surface area (Å²) in [7, 11) is 0. The van der Waals surface area contributed by atoms with Crippen LogP contribution in [0, 0.1) is 0 Å². The highest BCUT2D eigenvalue weighted by atomic mass is 32.1. The minimum atomic E-state index is 0.0773. The van der Waals surface area contributed by atoms with Crippen molar-refractivity contribution in [1.82, 2.24) is 19.4 Å². The van der Waals surface area contributed by atoms with Gasteiger partial charge in [-0.2, -0.15) is 0 Å². The molecule has 1 fully saturated rings. The number of fused-ring (bicyclic) bond motifs is 2. The molecule has 5 rings (SSSR count). The van der Waals surface area contributed by atoms with Crippen LogP contribution in [-0.2, 0) is 17.8 Å². The number of hydrogen-bond acceptors (Lipinski definition) is 4. The Morgan fingerprint density at radius 3 is 2.69 bits per heavy atom. The van der Waals surface area contributed by atoms with Crippen LogP contribution in [0.4, 0.5) is 0 Å². The first-order chi connectivity index (χ1) is 14.2. The fraction of sp³-hybridized carbons (Fsp3) is 0.348. The molecule has 6 heteroatoms. The van der Waals surface area contributed by atoms with Crippen molar-refractivity contribution in [1.29, 1.82) is 0 Å². The second-order valence-electron chi connectivity index (χ2n) is 7.57. The van der Waals surface area contributed by atoms with Gasteiger partial charge < -0.3 is 9.47 Å². The minimum absolute atomic E-state index is 0.0773. The van der Waals surface area contributed by atoms with E-state index < -0.39 is 0 Å². The molecule has 0 radical (unpaired) electrons. The van der Waals surface area contributed by atoms with E-state index in [0.717, 1.165) is 59.6 Å². The van der Waals surface area contributed by atoms with Crippen molar-refractivity contribution in [2.24, 2.45) is 0 Å². The predicted molar refractivity (Wildman–Crippen MR) is 117 cm³/mol. The molecule has 4 aromatic rings. The van der Waals surface area contributed by atoms with Crippen molar-refractivity contribution in [3.8, 4) is 0 Å². The molecule has 0 bridgehead atoms. The van der Waals surface area contributed by atoms with E-state index in [4.69, 9.17) is 9.97 Å². The highest BCUT2D eigenvalue weighted by Crippen LogP contribution is 2.36. The highest BCUT2D eigenvalue weighted by molar-refractivity contribution is 7.18. The van der Waals surface area contributed by atoms with Crippen LogP contribution in [0.25, 0.3) is 21.3 Å². The van der Waals surface area contributed by atoms with Crippen molar-refractivity contribution < 1.29 is 4.79 Å². The SMILES string of the molecule is CCc1nc2ccccc2n1CC(=O)N1CCCCC1c1nc2ccccc2s1. The monoisotopic (exact) mass is 404 g/mol. The van der Waals surface area contributed by atoms with Gasteiger partial charge in [-0.15, -0.1) is 11.3 Å². The van der Waals surface area contributed by atoms with Gasteiger partial charge in [-0.3, -0.25) is 4.79 Å². The Bertz CT molecular complexity index is 1150. The summed E-state index contributed by atoms with van der Waals surface area (Å²) >= 11 is 1.72. The van der Waals surface area contributed by atoms with Gasteiger partial charge in [0.1, 0.15) is 17.4 Å². The number of carbonyl (C=O) groups excluding carboxylic acids is 1. The average molecular weight is 405 g/mol. The number of rotatable bonds is 4. The second kappa shape index (κ2) is 7.59. The average Bonchev–Trinajstić information content (AvgIpc) is 3.35. The van der Waals surface area contributed by atoms with Crippen LogP contribution < -0.4 is 0 Å². The summed E-state index contributed by atoms with van der Waals surface area (Å²) in [4.78, 5) is 25.1. The zero-order valence-corrected chi connectivity index (χ0v) is 17.4. The van der Waals surface area contributed by atoms with E-state index in [1.807, 2.05) is 30.3 Å². The number of aromatic nitrogens is 3. The Balaban J connectivity index is 1.46. The molecule has 3 heterocycles. The number of benzene rings is 2. The fourth-order valence-corrected chi connectivity index (χ4v) is 5.43. The lowest BCUT2D eigenvalue weighted by molar-refractivity contribution is -0.135. The zero-order chi connectivity index (χ0) is 19.8. The van der Waals surface area contributed by atoms with Gasteiger partial charge in [-0.25, -0.2) is 9.97 Å². The highest BCUT2D eigenvalue weighted by Gasteiger charge is 2.30. The number of piperidine rings is 1. The van der Waals surface area contributed by atoms with Gasteiger partial charge in [0, 0.05) is 13.0 Å². The van der Waals surface area contributed by atoms with Gasteiger partial charge in [-0.1, -0.05) is 31.2 Å². The molecule has 1 aliphatic heterocycles. The van der Waals surface area contributed by atoms with Gasteiger partial charge in [-0.05, 0) is 43.5 Å². The normalized spacial score (nSPS) is 17.3. The summed E-state index contributed by atoms with van der Waals surface area (Å²) < 4.78 is 3.27. The van der Waals surface area contributed by atoms with Crippen molar-refractivity contribution in [3.63, 3.8) is 0 Å². The van der Waals surface area contributed by atoms with E-state index in [1.165, 1.54) is 4.70 Å². The van der Waals surface area contributed by atoms with Crippen molar-refractivity contribution in [2.45, 2.75) is 45.2 Å². The number of aryl methyl sites for hydroxylation is 1. The zero-order valence-electron chi connectivity index (χ0n) is 16.5. The summed E-state index contributed by atoms with van der Waals surface area (Å²) in [6.45, 7) is 3.23. The van der Waals surface area contributed by atoms with E-state index in [1.54, 1.807) is 11.3 Å². The summed E-state index contributed by atoms with van der Waals surface area (Å²) in [5.41, 5.74) is 3.02. The molecule has 1 aliphatic rings. The van der Waals surface area contributed by atoms with Gasteiger partial charge in [0.15, 0.2) is 0 Å². The molecule has 0 N–H and O–H groups in total. The topological polar surface area (TPSA) is 51.0 Å². The molecule has 1 amide bonds. The molecule has 5 nitrogen and oxygen atoms in total. The number of hydrogen-bond donors (Lipinski definition) is 0. The number of imidazole rings is 1. The number of thiazole rings is 1. The number of amides is 1. The van der Waals surface area contributed by atoms with Gasteiger partial charge in [0.2, 0.25) is 5.91 Å². The molecule has 0 saturated carbocycles. The number of likely N-dealkylation sites (tertiary alicyclic amines) is 1. The number of carbonyl (C=O) groups is 1. The van der Waals surface area contributed by atoms with Gasteiger partial charge in [0.25, 0.3) is 0 Å². The molecule has 1 atom stereocenters. The fourth-order valence-electron chi connectivity index (χ4n) is 4.32. The van der Waals surface area contributed by atoms with E-state index in [0.29, 0.717) is 6.54 Å². The van der Waals surface area contributed by atoms with E-state index in [9.17, 15) is 4.79 Å². The molecular formula is C23H24N4OS. The Morgan fingerprint density at radius 1 is 1.07 bits per heavy atom. The largest absolute Gasteiger partial charge is 0.332 e. The number of para-hydroxylation sites is 3. The Morgan fingerprint density at radius 2 is 1.86 bits per heavy atom. The summed E-state index contributed by atoms with van der Waals surface area (Å²) in [6, 6.07) is 16.4. The van der Waals surface area contributed by atoms with Crippen molar-refractivity contribution >= 4 is 38.5 Å². The lowest BCUT2D eigenvalue weighted by Gasteiger charge is -2.34. The maximum atomic E-state index is 13.4.